The van der Waals surface area contributed by atoms with Crippen LogP contribution in [0.3, 0.4) is 0 Å². The number of anilines is 3. The molecule has 4 heterocycles. The Morgan fingerprint density at radius 2 is 1.83 bits per heavy atom. The molecule has 11 nitrogen and oxygen atoms in total. The number of amides is 1. The highest BCUT2D eigenvalue weighted by molar-refractivity contribution is 5.97. The van der Waals surface area contributed by atoms with Crippen LogP contribution in [-0.4, -0.2) is 43.1 Å². The highest BCUT2D eigenvalue weighted by Gasteiger charge is 2.34. The van der Waals surface area contributed by atoms with Gasteiger partial charge in [0.15, 0.2) is 0 Å². The van der Waals surface area contributed by atoms with Gasteiger partial charge in [0.2, 0.25) is 11.7 Å². The van der Waals surface area contributed by atoms with Crippen molar-refractivity contribution in [2.24, 2.45) is 7.05 Å². The van der Waals surface area contributed by atoms with E-state index in [1.165, 1.54) is 28.6 Å². The molecule has 1 unspecified atom stereocenters. The Morgan fingerprint density at radius 1 is 1.17 bits per heavy atom. The summed E-state index contributed by atoms with van der Waals surface area (Å²) in [6.07, 6.45) is -2.67. The number of H-pyrrole nitrogens is 1. The van der Waals surface area contributed by atoms with Crippen molar-refractivity contribution >= 4 is 23.2 Å². The smallest absolute Gasteiger partial charge is 0.352 e. The molecule has 1 aliphatic heterocycles. The van der Waals surface area contributed by atoms with Crippen LogP contribution in [0.15, 0.2) is 40.2 Å². The van der Waals surface area contributed by atoms with E-state index < -0.39 is 35.2 Å². The van der Waals surface area contributed by atoms with Gasteiger partial charge in [0.05, 0.1) is 12.4 Å². The lowest BCUT2D eigenvalue weighted by Gasteiger charge is -2.24. The lowest BCUT2D eigenvalue weighted by molar-refractivity contribution is -0.145. The van der Waals surface area contributed by atoms with Gasteiger partial charge in [0.25, 0.3) is 5.56 Å². The molecule has 4 rings (SSSR count). The van der Waals surface area contributed by atoms with Crippen molar-refractivity contribution < 1.29 is 18.0 Å². The molecule has 14 heteroatoms. The highest BCUT2D eigenvalue weighted by atomic mass is 19.4. The number of rotatable bonds is 4. The number of fused-ring (bicyclic) bond motifs is 1. The van der Waals surface area contributed by atoms with Gasteiger partial charge in [0.1, 0.15) is 23.4 Å². The van der Waals surface area contributed by atoms with Crippen molar-refractivity contribution in [1.29, 1.82) is 0 Å². The minimum atomic E-state index is -4.66. The quantitative estimate of drug-likeness (QED) is 0.504. The molecule has 1 aliphatic rings. The Morgan fingerprint density at radius 3 is 2.46 bits per heavy atom. The maximum absolute atomic E-state index is 12.8. The van der Waals surface area contributed by atoms with Gasteiger partial charge in [-0.15, -0.1) is 0 Å². The first-order valence-electron chi connectivity index (χ1n) is 10.6. The molecule has 0 fully saturated rings. The van der Waals surface area contributed by atoms with Crippen LogP contribution in [0.1, 0.15) is 26.6 Å². The standard InChI is InChI=1S/C19H17F3N8O3.C2H6/c1-9(30-8-25-14-13(30)16(32)28-18(33)29(14)2)15(31)27-12-5-3-4-11(26-12)10-6-23-17(24-7-10)19(20,21)22;1-2/h3-7,9,25H,8H2,1-2H3,(H,26,27,31)(H,28,32,33);1-2H3. The maximum atomic E-state index is 12.8. The van der Waals surface area contributed by atoms with Crippen LogP contribution in [-0.2, 0) is 18.0 Å². The van der Waals surface area contributed by atoms with Crippen molar-refractivity contribution in [1.82, 2.24) is 24.5 Å². The molecule has 1 atom stereocenters. The van der Waals surface area contributed by atoms with Gasteiger partial charge in [-0.05, 0) is 19.1 Å². The lowest BCUT2D eigenvalue weighted by Crippen LogP contribution is -2.44. The molecule has 0 saturated carbocycles. The van der Waals surface area contributed by atoms with Gasteiger partial charge >= 0.3 is 11.9 Å². The minimum Gasteiger partial charge on any atom is -0.352 e. The highest BCUT2D eigenvalue weighted by Crippen LogP contribution is 2.28. The van der Waals surface area contributed by atoms with E-state index in [1.54, 1.807) is 13.0 Å². The molecule has 186 valence electrons. The second kappa shape index (κ2) is 9.95. The Kier molecular flexibility index (Phi) is 7.22. The number of carbonyl (C=O) groups is 1. The summed E-state index contributed by atoms with van der Waals surface area (Å²) < 4.78 is 39.2. The number of hydrogen-bond acceptors (Lipinski definition) is 8. The average Bonchev–Trinajstić information content (AvgIpc) is 3.29. The second-order valence-electron chi connectivity index (χ2n) is 7.19. The summed E-state index contributed by atoms with van der Waals surface area (Å²) in [5, 5.41) is 5.54. The molecular formula is C21H23F3N8O3. The number of hydrogen-bond donors (Lipinski definition) is 3. The molecule has 0 bridgehead atoms. The van der Waals surface area contributed by atoms with Crippen LogP contribution in [0, 0.1) is 0 Å². The Labute approximate surface area is 197 Å². The van der Waals surface area contributed by atoms with Crippen molar-refractivity contribution in [2.75, 3.05) is 22.2 Å². The second-order valence-corrected chi connectivity index (χ2v) is 7.19. The SMILES string of the molecule is CC.CC(C(=O)Nc1cccc(-c2cnc(C(F)(F)F)nc2)n1)N1CNc2c1c(=O)[nH]c(=O)n2C. The third kappa shape index (κ3) is 5.15. The fourth-order valence-corrected chi connectivity index (χ4v) is 3.29. The van der Waals surface area contributed by atoms with Crippen LogP contribution < -0.4 is 26.8 Å². The Bertz CT molecular complexity index is 1340. The fourth-order valence-electron chi connectivity index (χ4n) is 3.29. The third-order valence-corrected chi connectivity index (χ3v) is 5.05. The van der Waals surface area contributed by atoms with Gasteiger partial charge in [-0.25, -0.2) is 19.7 Å². The van der Waals surface area contributed by atoms with Gasteiger partial charge in [-0.1, -0.05) is 19.9 Å². The lowest BCUT2D eigenvalue weighted by atomic mass is 10.2. The van der Waals surface area contributed by atoms with E-state index in [2.05, 4.69) is 30.6 Å². The molecule has 0 aromatic carbocycles. The number of aromatic amines is 1. The van der Waals surface area contributed by atoms with Crippen LogP contribution in [0.25, 0.3) is 11.3 Å². The molecule has 0 aliphatic carbocycles. The summed E-state index contributed by atoms with van der Waals surface area (Å²) in [4.78, 5) is 51.4. The molecule has 3 N–H and O–H groups in total. The zero-order valence-electron chi connectivity index (χ0n) is 19.3. The zero-order chi connectivity index (χ0) is 25.9. The van der Waals surface area contributed by atoms with Crippen LogP contribution in [0.5, 0.6) is 0 Å². The first-order valence-corrected chi connectivity index (χ1v) is 10.6. The molecule has 35 heavy (non-hydrogen) atoms. The van der Waals surface area contributed by atoms with Crippen molar-refractivity contribution in [3.05, 3.63) is 57.3 Å². The molecule has 3 aromatic heterocycles. The van der Waals surface area contributed by atoms with E-state index in [-0.39, 0.29) is 29.4 Å². The normalized spacial score (nSPS) is 13.3. The Hall–Kier alpha value is -4.23. The van der Waals surface area contributed by atoms with E-state index in [9.17, 15) is 27.6 Å². The molecule has 1 amide bonds. The molecular weight excluding hydrogens is 469 g/mol. The third-order valence-electron chi connectivity index (χ3n) is 5.05. The van der Waals surface area contributed by atoms with E-state index in [0.717, 1.165) is 12.4 Å². The van der Waals surface area contributed by atoms with E-state index in [4.69, 9.17) is 0 Å². The molecule has 0 saturated heterocycles. The van der Waals surface area contributed by atoms with Gasteiger partial charge in [-0.3, -0.25) is 19.1 Å². The zero-order valence-corrected chi connectivity index (χ0v) is 19.3. The molecule has 3 aromatic rings. The Balaban J connectivity index is 0.00000167. The van der Waals surface area contributed by atoms with Gasteiger partial charge < -0.3 is 15.5 Å². The number of alkyl halides is 3. The maximum Gasteiger partial charge on any atom is 0.451 e. The topological polar surface area (TPSA) is 138 Å². The van der Waals surface area contributed by atoms with E-state index in [1.807, 2.05) is 13.8 Å². The van der Waals surface area contributed by atoms with Crippen LogP contribution in [0.4, 0.5) is 30.5 Å². The van der Waals surface area contributed by atoms with Gasteiger partial charge in [0, 0.05) is 25.0 Å². The monoisotopic (exact) mass is 492 g/mol. The summed E-state index contributed by atoms with van der Waals surface area (Å²) in [5.74, 6) is -1.32. The fraction of sp³-hybridized carbons (Fsp3) is 0.333. The van der Waals surface area contributed by atoms with Crippen LogP contribution >= 0.6 is 0 Å². The predicted molar refractivity (Wildman–Crippen MR) is 123 cm³/mol. The van der Waals surface area contributed by atoms with E-state index >= 15 is 0 Å². The number of nitrogens with zero attached hydrogens (tertiary/aromatic N) is 5. The molecule has 0 radical (unpaired) electrons. The van der Waals surface area contributed by atoms with Crippen molar-refractivity contribution in [3.8, 4) is 11.3 Å². The summed E-state index contributed by atoms with van der Waals surface area (Å²) in [6, 6.07) is 3.78. The number of halogens is 3. The van der Waals surface area contributed by atoms with Crippen molar-refractivity contribution in [2.45, 2.75) is 33.0 Å². The van der Waals surface area contributed by atoms with Crippen LogP contribution in [0.2, 0.25) is 0 Å². The molecule has 0 spiro atoms. The summed E-state index contributed by atoms with van der Waals surface area (Å²) >= 11 is 0. The van der Waals surface area contributed by atoms with Crippen molar-refractivity contribution in [3.63, 3.8) is 0 Å². The number of carbonyl (C=O) groups excluding carboxylic acids is 1. The number of aromatic nitrogens is 5. The number of pyridine rings is 1. The van der Waals surface area contributed by atoms with E-state index in [0.29, 0.717) is 5.82 Å². The van der Waals surface area contributed by atoms with Gasteiger partial charge in [-0.2, -0.15) is 13.2 Å². The first kappa shape index (κ1) is 25.4. The largest absolute Gasteiger partial charge is 0.451 e. The predicted octanol–water partition coefficient (Wildman–Crippen LogP) is 2.19. The summed E-state index contributed by atoms with van der Waals surface area (Å²) in [5.41, 5.74) is -0.562. The average molecular weight is 492 g/mol. The summed E-state index contributed by atoms with van der Waals surface area (Å²) in [6.45, 7) is 5.70. The summed E-state index contributed by atoms with van der Waals surface area (Å²) in [7, 11) is 1.48. The first-order chi connectivity index (χ1) is 16.6. The number of nitrogens with one attached hydrogen (secondary N) is 3. The minimum absolute atomic E-state index is 0.126.